The van der Waals surface area contributed by atoms with E-state index in [2.05, 4.69) is 123 Å². The van der Waals surface area contributed by atoms with E-state index < -0.39 is 0 Å². The number of hydrogen-bond donors (Lipinski definition) is 1. The van der Waals surface area contributed by atoms with E-state index in [-0.39, 0.29) is 0 Å². The van der Waals surface area contributed by atoms with Gasteiger partial charge in [-0.05, 0) is 65.7 Å². The Bertz CT molecular complexity index is 2050. The highest BCUT2D eigenvalue weighted by Gasteiger charge is 2.17. The Morgan fingerprint density at radius 1 is 0.543 bits per heavy atom. The molecule has 0 amide bonds. The minimum atomic E-state index is 0.927. The fraction of sp³-hybridized carbons (Fsp3) is 0. The van der Waals surface area contributed by atoms with E-state index in [9.17, 15) is 0 Å². The predicted molar refractivity (Wildman–Crippen MR) is 144 cm³/mol. The van der Waals surface area contributed by atoms with Crippen molar-refractivity contribution in [2.75, 3.05) is 0 Å². The summed E-state index contributed by atoms with van der Waals surface area (Å²) in [7, 11) is 0. The van der Waals surface area contributed by atoms with Gasteiger partial charge in [0.1, 0.15) is 0 Å². The molecule has 3 aromatic heterocycles. The summed E-state index contributed by atoms with van der Waals surface area (Å²) in [4.78, 5) is 8.59. The number of fused-ring (bicyclic) bond motifs is 8. The molecule has 0 saturated heterocycles. The number of aromatic amines is 1. The summed E-state index contributed by atoms with van der Waals surface area (Å²) < 4.78 is 4.53. The number of nitrogens with one attached hydrogen (secondary N) is 1. The smallest absolute Gasteiger partial charge is 0.220 e. The molecule has 0 atom stereocenters. The van der Waals surface area contributed by atoms with Crippen molar-refractivity contribution in [2.24, 2.45) is 0 Å². The molecule has 1 N–H and O–H groups in total. The third kappa shape index (κ3) is 2.59. The molecule has 8 aromatic rings. The van der Waals surface area contributed by atoms with Gasteiger partial charge in [-0.2, -0.15) is 0 Å². The summed E-state index contributed by atoms with van der Waals surface area (Å²) in [6, 6.07) is 40.7. The normalized spacial score (nSPS) is 12.0. The van der Waals surface area contributed by atoms with Crippen molar-refractivity contribution in [3.05, 3.63) is 115 Å². The van der Waals surface area contributed by atoms with Crippen molar-refractivity contribution >= 4 is 49.7 Å². The summed E-state index contributed by atoms with van der Waals surface area (Å²) in [6.45, 7) is 0. The number of hydrogen-bond acceptors (Lipinski definition) is 1. The lowest BCUT2D eigenvalue weighted by Gasteiger charge is -2.04. The Morgan fingerprint density at radius 2 is 1.26 bits per heavy atom. The zero-order chi connectivity index (χ0) is 22.9. The molecule has 4 nitrogen and oxygen atoms in total. The van der Waals surface area contributed by atoms with Gasteiger partial charge in [-0.3, -0.25) is 8.97 Å². The van der Waals surface area contributed by atoms with Crippen LogP contribution < -0.4 is 0 Å². The van der Waals surface area contributed by atoms with Crippen molar-refractivity contribution in [1.29, 1.82) is 0 Å². The summed E-state index contributed by atoms with van der Waals surface area (Å²) in [5, 5.41) is 2.50. The second-order valence-corrected chi connectivity index (χ2v) is 9.04. The van der Waals surface area contributed by atoms with Crippen LogP contribution in [0.3, 0.4) is 0 Å². The first-order valence-corrected chi connectivity index (χ1v) is 11.8. The average molecular weight is 449 g/mol. The van der Waals surface area contributed by atoms with E-state index in [1.165, 1.54) is 27.4 Å². The Balaban J connectivity index is 1.41. The van der Waals surface area contributed by atoms with E-state index in [1.807, 2.05) is 6.07 Å². The second kappa shape index (κ2) is 6.84. The molecule has 0 aliphatic heterocycles. The SMILES string of the molecule is c1ccc(-n2c3ccccc3n3c4cc(-c5ccc6[nH]c7ccccc7c6c5)ccc4nc23)cc1. The van der Waals surface area contributed by atoms with Crippen LogP contribution in [0.2, 0.25) is 0 Å². The molecule has 5 aromatic carbocycles. The topological polar surface area (TPSA) is 38.0 Å². The molecule has 35 heavy (non-hydrogen) atoms. The number of rotatable bonds is 2. The minimum Gasteiger partial charge on any atom is -0.355 e. The summed E-state index contributed by atoms with van der Waals surface area (Å²) in [6.07, 6.45) is 0. The van der Waals surface area contributed by atoms with Crippen LogP contribution in [-0.2, 0) is 0 Å². The third-order valence-electron chi connectivity index (χ3n) is 7.05. The number of imidazole rings is 2. The van der Waals surface area contributed by atoms with E-state index in [0.717, 1.165) is 39.0 Å². The lowest BCUT2D eigenvalue weighted by molar-refractivity contribution is 1.11. The van der Waals surface area contributed by atoms with Gasteiger partial charge in [-0.15, -0.1) is 0 Å². The van der Waals surface area contributed by atoms with E-state index in [4.69, 9.17) is 4.98 Å². The molecule has 0 bridgehead atoms. The molecule has 0 fully saturated rings. The number of H-pyrrole nitrogens is 1. The summed E-state index contributed by atoms with van der Waals surface area (Å²) in [5.74, 6) is 0.927. The molecule has 0 radical (unpaired) electrons. The van der Waals surface area contributed by atoms with Gasteiger partial charge in [-0.25, -0.2) is 4.98 Å². The van der Waals surface area contributed by atoms with Gasteiger partial charge in [0.2, 0.25) is 5.78 Å². The van der Waals surface area contributed by atoms with Crippen LogP contribution in [0.4, 0.5) is 0 Å². The van der Waals surface area contributed by atoms with Crippen LogP contribution >= 0.6 is 0 Å². The van der Waals surface area contributed by atoms with Gasteiger partial charge in [-0.1, -0.05) is 60.7 Å². The van der Waals surface area contributed by atoms with Gasteiger partial charge in [0.25, 0.3) is 0 Å². The Hall–Kier alpha value is -4.83. The van der Waals surface area contributed by atoms with E-state index in [0.29, 0.717) is 0 Å². The first-order valence-electron chi connectivity index (χ1n) is 11.8. The standard InChI is InChI=1S/C31H20N4/c1-2-8-22(9-3-1)34-28-12-6-7-13-29(28)35-30-19-21(15-17-27(30)33-31(34)35)20-14-16-26-24(18-20)23-10-4-5-11-25(23)32-26/h1-19,32H. The Labute approximate surface area is 200 Å². The van der Waals surface area contributed by atoms with Crippen molar-refractivity contribution in [2.45, 2.75) is 0 Å². The highest BCUT2D eigenvalue weighted by molar-refractivity contribution is 6.08. The van der Waals surface area contributed by atoms with E-state index in [1.54, 1.807) is 0 Å². The summed E-state index contributed by atoms with van der Waals surface area (Å²) in [5.41, 5.74) is 10.2. The Morgan fingerprint density at radius 3 is 2.17 bits per heavy atom. The van der Waals surface area contributed by atoms with Gasteiger partial charge in [0.15, 0.2) is 0 Å². The van der Waals surface area contributed by atoms with E-state index >= 15 is 0 Å². The molecule has 3 heterocycles. The second-order valence-electron chi connectivity index (χ2n) is 9.04. The first kappa shape index (κ1) is 18.6. The van der Waals surface area contributed by atoms with Crippen molar-refractivity contribution in [1.82, 2.24) is 18.9 Å². The monoisotopic (exact) mass is 448 g/mol. The van der Waals surface area contributed by atoms with Gasteiger partial charge in [0.05, 0.1) is 22.1 Å². The maximum atomic E-state index is 5.07. The quantitative estimate of drug-likeness (QED) is 0.289. The highest BCUT2D eigenvalue weighted by atomic mass is 15.2. The van der Waals surface area contributed by atoms with Crippen molar-refractivity contribution in [3.63, 3.8) is 0 Å². The van der Waals surface area contributed by atoms with Gasteiger partial charge < -0.3 is 4.98 Å². The van der Waals surface area contributed by atoms with Gasteiger partial charge in [0, 0.05) is 27.5 Å². The maximum Gasteiger partial charge on any atom is 0.220 e. The largest absolute Gasteiger partial charge is 0.355 e. The fourth-order valence-electron chi connectivity index (χ4n) is 5.44. The average Bonchev–Trinajstić information content (AvgIpc) is 3.57. The van der Waals surface area contributed by atoms with Crippen LogP contribution in [0, 0.1) is 0 Å². The maximum absolute atomic E-state index is 5.07. The molecule has 164 valence electrons. The molecular weight excluding hydrogens is 428 g/mol. The highest BCUT2D eigenvalue weighted by Crippen LogP contribution is 2.34. The molecule has 0 saturated carbocycles. The van der Waals surface area contributed by atoms with Crippen LogP contribution in [0.5, 0.6) is 0 Å². The number of benzene rings is 5. The lowest BCUT2D eigenvalue weighted by atomic mass is 10.0. The number of para-hydroxylation sites is 4. The minimum absolute atomic E-state index is 0.927. The molecule has 0 aliphatic rings. The zero-order valence-electron chi connectivity index (χ0n) is 18.8. The van der Waals surface area contributed by atoms with Crippen LogP contribution in [0.1, 0.15) is 0 Å². The molecule has 8 rings (SSSR count). The zero-order valence-corrected chi connectivity index (χ0v) is 18.8. The lowest BCUT2D eigenvalue weighted by Crippen LogP contribution is -1.94. The van der Waals surface area contributed by atoms with Gasteiger partial charge >= 0.3 is 0 Å². The molecule has 0 spiro atoms. The molecule has 4 heteroatoms. The number of nitrogens with zero attached hydrogens (tertiary/aromatic N) is 3. The fourth-order valence-corrected chi connectivity index (χ4v) is 5.44. The summed E-state index contributed by atoms with van der Waals surface area (Å²) >= 11 is 0. The van der Waals surface area contributed by atoms with Crippen LogP contribution in [0.15, 0.2) is 115 Å². The van der Waals surface area contributed by atoms with Crippen LogP contribution in [-0.4, -0.2) is 18.9 Å². The molecule has 0 aliphatic carbocycles. The third-order valence-corrected chi connectivity index (χ3v) is 7.05. The van der Waals surface area contributed by atoms with Crippen LogP contribution in [0.25, 0.3) is 66.5 Å². The van der Waals surface area contributed by atoms with Crippen molar-refractivity contribution in [3.8, 4) is 16.8 Å². The molecular formula is C31H20N4. The molecule has 0 unspecified atom stereocenters. The first-order chi connectivity index (χ1) is 17.3. The Kier molecular flexibility index (Phi) is 3.63. The van der Waals surface area contributed by atoms with Crippen molar-refractivity contribution < 1.29 is 0 Å². The number of aromatic nitrogens is 4. The predicted octanol–water partition coefficient (Wildman–Crippen LogP) is 7.73.